The molecular formula is C22H36O4. The Morgan fingerprint density at radius 2 is 1.62 bits per heavy atom. The van der Waals surface area contributed by atoms with Crippen LogP contribution in [0.2, 0.25) is 0 Å². The van der Waals surface area contributed by atoms with Gasteiger partial charge in [-0.15, -0.1) is 0 Å². The third-order valence-corrected chi connectivity index (χ3v) is 9.81. The highest BCUT2D eigenvalue weighted by atomic mass is 16.3. The molecule has 26 heavy (non-hydrogen) atoms. The van der Waals surface area contributed by atoms with Crippen molar-refractivity contribution < 1.29 is 20.1 Å². The van der Waals surface area contributed by atoms with Crippen LogP contribution in [0.15, 0.2) is 0 Å². The summed E-state index contributed by atoms with van der Waals surface area (Å²) in [7, 11) is 0. The highest BCUT2D eigenvalue weighted by molar-refractivity contribution is 5.92. The molecule has 0 aromatic heterocycles. The van der Waals surface area contributed by atoms with E-state index in [-0.39, 0.29) is 40.5 Å². The zero-order chi connectivity index (χ0) is 19.3. The molecule has 0 aromatic carbocycles. The second kappa shape index (κ2) is 5.33. The summed E-state index contributed by atoms with van der Waals surface area (Å²) in [6.45, 7) is 10.7. The number of fused-ring (bicyclic) bond motifs is 5. The average molecular weight is 365 g/mol. The van der Waals surface area contributed by atoms with Crippen LogP contribution in [-0.2, 0) is 4.79 Å². The summed E-state index contributed by atoms with van der Waals surface area (Å²) in [6, 6.07) is 0. The first-order chi connectivity index (χ1) is 11.9. The van der Waals surface area contributed by atoms with Gasteiger partial charge in [-0.2, -0.15) is 0 Å². The first-order valence-corrected chi connectivity index (χ1v) is 10.5. The number of hydrogen-bond donors (Lipinski definition) is 3. The van der Waals surface area contributed by atoms with Gasteiger partial charge in [-0.25, -0.2) is 0 Å². The van der Waals surface area contributed by atoms with E-state index >= 15 is 0 Å². The van der Waals surface area contributed by atoms with Crippen molar-refractivity contribution in [3.05, 3.63) is 0 Å². The third kappa shape index (κ3) is 1.94. The lowest BCUT2D eigenvalue weighted by Gasteiger charge is -2.63. The van der Waals surface area contributed by atoms with Gasteiger partial charge >= 0.3 is 0 Å². The fraction of sp³-hybridized carbons (Fsp3) is 0.955. The Bertz CT molecular complexity index is 630. The van der Waals surface area contributed by atoms with Crippen molar-refractivity contribution in [2.75, 3.05) is 0 Å². The van der Waals surface area contributed by atoms with E-state index < -0.39 is 17.1 Å². The first kappa shape index (κ1) is 18.9. The predicted octanol–water partition coefficient (Wildman–Crippen LogP) is 2.93. The Morgan fingerprint density at radius 1 is 0.962 bits per heavy atom. The average Bonchev–Trinajstić information content (AvgIpc) is 2.80. The van der Waals surface area contributed by atoms with Crippen LogP contribution >= 0.6 is 0 Å². The van der Waals surface area contributed by atoms with E-state index in [1.165, 1.54) is 0 Å². The number of carbonyl (C=O) groups excluding carboxylic acids is 1. The van der Waals surface area contributed by atoms with Crippen molar-refractivity contribution in [1.82, 2.24) is 0 Å². The van der Waals surface area contributed by atoms with Gasteiger partial charge in [0.2, 0.25) is 0 Å². The number of ketones is 1. The molecule has 4 aliphatic rings. The van der Waals surface area contributed by atoms with Crippen molar-refractivity contribution in [2.45, 2.75) is 91.0 Å². The molecule has 0 radical (unpaired) electrons. The lowest BCUT2D eigenvalue weighted by atomic mass is 9.42. The molecule has 0 bridgehead atoms. The smallest absolute Gasteiger partial charge is 0.168 e. The maximum atomic E-state index is 13.2. The van der Waals surface area contributed by atoms with E-state index in [9.17, 15) is 20.1 Å². The molecule has 4 aliphatic carbocycles. The van der Waals surface area contributed by atoms with Crippen molar-refractivity contribution in [1.29, 1.82) is 0 Å². The van der Waals surface area contributed by atoms with Gasteiger partial charge in [0, 0.05) is 17.3 Å². The molecule has 148 valence electrons. The van der Waals surface area contributed by atoms with E-state index in [4.69, 9.17) is 0 Å². The van der Waals surface area contributed by atoms with E-state index in [0.717, 1.165) is 32.1 Å². The molecule has 4 fully saturated rings. The fourth-order valence-corrected chi connectivity index (χ4v) is 8.28. The Kier molecular flexibility index (Phi) is 3.87. The lowest BCUT2D eigenvalue weighted by molar-refractivity contribution is -0.207. The monoisotopic (exact) mass is 364 g/mol. The van der Waals surface area contributed by atoms with Crippen molar-refractivity contribution in [3.63, 3.8) is 0 Å². The van der Waals surface area contributed by atoms with Crippen molar-refractivity contribution >= 4 is 5.78 Å². The lowest BCUT2D eigenvalue weighted by Crippen LogP contribution is -2.65. The molecule has 4 heteroatoms. The zero-order valence-electron chi connectivity index (χ0n) is 17.0. The van der Waals surface area contributed by atoms with Crippen LogP contribution in [0.1, 0.15) is 73.1 Å². The highest BCUT2D eigenvalue weighted by Gasteiger charge is 2.74. The Hall–Kier alpha value is -0.450. The van der Waals surface area contributed by atoms with E-state index in [1.54, 1.807) is 0 Å². The maximum absolute atomic E-state index is 13.2. The normalized spacial score (nSPS) is 58.7. The number of Topliss-reactive ketones (excluding diaryl/α,β-unsaturated/α-hetero) is 1. The minimum Gasteiger partial charge on any atom is -0.393 e. The SMILES string of the molecule is CC1CC(O)C2CC3C4(C)CCC(O)C(C)(C)C4CCC3(C)C2(O)C1=O. The van der Waals surface area contributed by atoms with Gasteiger partial charge in [0.1, 0.15) is 5.60 Å². The van der Waals surface area contributed by atoms with Crippen LogP contribution in [0.25, 0.3) is 0 Å². The summed E-state index contributed by atoms with van der Waals surface area (Å²) in [4.78, 5) is 13.2. The molecule has 0 amide bonds. The molecule has 3 N–H and O–H groups in total. The molecule has 4 saturated carbocycles. The number of carbonyl (C=O) groups is 1. The molecule has 0 aliphatic heterocycles. The van der Waals surface area contributed by atoms with Gasteiger partial charge in [-0.1, -0.05) is 34.6 Å². The molecule has 9 atom stereocenters. The molecular weight excluding hydrogens is 328 g/mol. The molecule has 0 aromatic rings. The van der Waals surface area contributed by atoms with Gasteiger partial charge in [0.15, 0.2) is 5.78 Å². The molecule has 0 spiro atoms. The van der Waals surface area contributed by atoms with E-state index in [2.05, 4.69) is 27.7 Å². The van der Waals surface area contributed by atoms with E-state index in [1.807, 2.05) is 6.92 Å². The van der Waals surface area contributed by atoms with Crippen LogP contribution in [-0.4, -0.2) is 38.9 Å². The molecule has 4 nitrogen and oxygen atoms in total. The number of aliphatic hydroxyl groups excluding tert-OH is 2. The quantitative estimate of drug-likeness (QED) is 0.618. The number of rotatable bonds is 0. The Labute approximate surface area is 157 Å². The van der Waals surface area contributed by atoms with Crippen molar-refractivity contribution in [2.24, 2.45) is 39.9 Å². The summed E-state index contributed by atoms with van der Waals surface area (Å²) >= 11 is 0. The minimum absolute atomic E-state index is 0.00790. The summed E-state index contributed by atoms with van der Waals surface area (Å²) < 4.78 is 0. The van der Waals surface area contributed by atoms with Crippen LogP contribution in [0.4, 0.5) is 0 Å². The second-order valence-electron chi connectivity index (χ2n) is 11.1. The third-order valence-electron chi connectivity index (χ3n) is 9.81. The summed E-state index contributed by atoms with van der Waals surface area (Å²) in [5, 5.41) is 33.2. The topological polar surface area (TPSA) is 77.8 Å². The van der Waals surface area contributed by atoms with Crippen LogP contribution in [0, 0.1) is 39.9 Å². The van der Waals surface area contributed by atoms with E-state index in [0.29, 0.717) is 12.3 Å². The van der Waals surface area contributed by atoms with Gasteiger partial charge in [-0.05, 0) is 61.2 Å². The van der Waals surface area contributed by atoms with Crippen LogP contribution in [0.3, 0.4) is 0 Å². The van der Waals surface area contributed by atoms with Gasteiger partial charge < -0.3 is 15.3 Å². The van der Waals surface area contributed by atoms with Gasteiger partial charge in [0.25, 0.3) is 0 Å². The standard InChI is InChI=1S/C22H36O4/c1-12-10-14(23)13-11-16-20(4)8-7-17(24)19(2,3)15(20)6-9-21(16,5)22(13,26)18(12)25/h12-17,23-24,26H,6-11H2,1-5H3. The Balaban J connectivity index is 1.81. The fourth-order valence-electron chi connectivity index (χ4n) is 8.28. The summed E-state index contributed by atoms with van der Waals surface area (Å²) in [5.41, 5.74) is -2.04. The first-order valence-electron chi connectivity index (χ1n) is 10.5. The molecule has 4 rings (SSSR count). The van der Waals surface area contributed by atoms with Crippen LogP contribution < -0.4 is 0 Å². The summed E-state index contributed by atoms with van der Waals surface area (Å²) in [6.07, 6.45) is 3.76. The molecule has 0 saturated heterocycles. The largest absolute Gasteiger partial charge is 0.393 e. The van der Waals surface area contributed by atoms with Gasteiger partial charge in [0.05, 0.1) is 12.2 Å². The number of aliphatic hydroxyl groups is 3. The summed E-state index contributed by atoms with van der Waals surface area (Å²) in [5.74, 6) is -0.0802. The predicted molar refractivity (Wildman–Crippen MR) is 99.3 cm³/mol. The molecule has 0 heterocycles. The highest BCUT2D eigenvalue weighted by Crippen LogP contribution is 2.73. The minimum atomic E-state index is -1.40. The maximum Gasteiger partial charge on any atom is 0.168 e. The van der Waals surface area contributed by atoms with Crippen LogP contribution in [0.5, 0.6) is 0 Å². The number of hydrogen-bond acceptors (Lipinski definition) is 4. The van der Waals surface area contributed by atoms with Crippen molar-refractivity contribution in [3.8, 4) is 0 Å². The Morgan fingerprint density at radius 3 is 2.27 bits per heavy atom. The molecule has 9 unspecified atom stereocenters. The zero-order valence-corrected chi connectivity index (χ0v) is 17.0. The second-order valence-corrected chi connectivity index (χ2v) is 11.1. The van der Waals surface area contributed by atoms with Gasteiger partial charge in [-0.3, -0.25) is 4.79 Å².